The number of carbonyl (C=O) groups is 2. The van der Waals surface area contributed by atoms with Crippen molar-refractivity contribution >= 4 is 23.3 Å². The monoisotopic (exact) mass is 500 g/mol. The van der Waals surface area contributed by atoms with Gasteiger partial charge in [0.05, 0.1) is 17.3 Å². The molecule has 0 saturated carbocycles. The molecule has 2 aromatic carbocycles. The predicted molar refractivity (Wildman–Crippen MR) is 142 cm³/mol. The van der Waals surface area contributed by atoms with Gasteiger partial charge in [0.2, 0.25) is 0 Å². The highest BCUT2D eigenvalue weighted by atomic mass is 19.1. The third-order valence-corrected chi connectivity index (χ3v) is 6.18. The summed E-state index contributed by atoms with van der Waals surface area (Å²) in [5.41, 5.74) is 6.87. The fourth-order valence-electron chi connectivity index (χ4n) is 4.51. The van der Waals surface area contributed by atoms with E-state index in [1.165, 1.54) is 18.2 Å². The first kappa shape index (κ1) is 26.0. The highest BCUT2D eigenvalue weighted by molar-refractivity contribution is 5.98. The molecule has 37 heavy (non-hydrogen) atoms. The van der Waals surface area contributed by atoms with Crippen LogP contribution in [0.1, 0.15) is 49.6 Å². The van der Waals surface area contributed by atoms with Crippen molar-refractivity contribution in [2.75, 3.05) is 0 Å². The molecule has 2 aromatic heterocycles. The number of aliphatic hydroxyl groups is 1. The van der Waals surface area contributed by atoms with E-state index in [0.717, 1.165) is 44.7 Å². The molecular weight excluding hydrogens is 471 g/mol. The Bertz CT molecular complexity index is 1470. The van der Waals surface area contributed by atoms with Gasteiger partial charge in [0.25, 0.3) is 0 Å². The first-order valence-electron chi connectivity index (χ1n) is 12.1. The smallest absolute Gasteiger partial charge is 0.310 e. The lowest BCUT2D eigenvalue weighted by Crippen LogP contribution is -2.14. The van der Waals surface area contributed by atoms with E-state index in [2.05, 4.69) is 6.07 Å². The van der Waals surface area contributed by atoms with Gasteiger partial charge in [-0.25, -0.2) is 8.91 Å². The molecular formula is C30H29FN2O4. The van der Waals surface area contributed by atoms with E-state index in [1.54, 1.807) is 18.2 Å². The average molecular weight is 501 g/mol. The van der Waals surface area contributed by atoms with Crippen LogP contribution in [-0.4, -0.2) is 37.7 Å². The zero-order chi connectivity index (χ0) is 26.7. The summed E-state index contributed by atoms with van der Waals surface area (Å²) in [6, 6.07) is 18.2. The largest absolute Gasteiger partial charge is 0.481 e. The van der Waals surface area contributed by atoms with Gasteiger partial charge >= 0.3 is 5.97 Å². The molecule has 0 aliphatic heterocycles. The molecule has 1 unspecified atom stereocenters. The molecule has 0 spiro atoms. The molecule has 0 fully saturated rings. The van der Waals surface area contributed by atoms with E-state index in [4.69, 9.17) is 10.2 Å². The van der Waals surface area contributed by atoms with Crippen LogP contribution in [0.4, 0.5) is 4.39 Å². The van der Waals surface area contributed by atoms with Gasteiger partial charge in [0, 0.05) is 28.8 Å². The molecule has 0 amide bonds. The molecule has 2 heterocycles. The van der Waals surface area contributed by atoms with Crippen LogP contribution in [-0.2, 0) is 9.59 Å². The number of hydrogen-bond donors (Lipinski definition) is 2. The Morgan fingerprint density at radius 2 is 1.73 bits per heavy atom. The van der Waals surface area contributed by atoms with E-state index < -0.39 is 24.3 Å². The van der Waals surface area contributed by atoms with Crippen molar-refractivity contribution in [3.8, 4) is 22.3 Å². The molecule has 190 valence electrons. The van der Waals surface area contributed by atoms with Crippen molar-refractivity contribution in [3.63, 3.8) is 0 Å². The average Bonchev–Trinajstić information content (AvgIpc) is 3.18. The summed E-state index contributed by atoms with van der Waals surface area (Å²) in [5, 5.41) is 24.3. The predicted octanol–water partition coefficient (Wildman–Crippen LogP) is 6.05. The topological polar surface area (TPSA) is 91.9 Å². The number of carboxylic acid groups (broad SMARTS) is 1. The van der Waals surface area contributed by atoms with E-state index in [0.29, 0.717) is 0 Å². The molecule has 6 nitrogen and oxygen atoms in total. The molecule has 0 bridgehead atoms. The number of ketones is 1. The maximum atomic E-state index is 13.9. The zero-order valence-electron chi connectivity index (χ0n) is 21.0. The number of nitrogens with zero attached hydrogens (tertiary/aromatic N) is 2. The van der Waals surface area contributed by atoms with Crippen molar-refractivity contribution in [1.29, 1.82) is 0 Å². The van der Waals surface area contributed by atoms with Crippen LogP contribution in [0.2, 0.25) is 0 Å². The van der Waals surface area contributed by atoms with Crippen LogP contribution in [0.3, 0.4) is 0 Å². The SMILES string of the molecule is Cc1cc(-c2ccccc2)c2c(-c3ccc(F)cc3)c(/C=C/C(O)CC(=O)CC(=O)O)c(C(C)C)nn12. The number of carboxylic acids is 1. The third kappa shape index (κ3) is 5.67. The van der Waals surface area contributed by atoms with Gasteiger partial charge in [-0.2, -0.15) is 5.10 Å². The van der Waals surface area contributed by atoms with E-state index >= 15 is 0 Å². The lowest BCUT2D eigenvalue weighted by atomic mass is 9.91. The maximum absolute atomic E-state index is 13.9. The minimum atomic E-state index is -1.23. The van der Waals surface area contributed by atoms with Crippen molar-refractivity contribution in [2.24, 2.45) is 0 Å². The van der Waals surface area contributed by atoms with Crippen LogP contribution >= 0.6 is 0 Å². The van der Waals surface area contributed by atoms with Crippen molar-refractivity contribution in [2.45, 2.75) is 45.6 Å². The maximum Gasteiger partial charge on any atom is 0.310 e. The lowest BCUT2D eigenvalue weighted by Gasteiger charge is -2.18. The normalized spacial score (nSPS) is 12.5. The Labute approximate surface area is 214 Å². The summed E-state index contributed by atoms with van der Waals surface area (Å²) >= 11 is 0. The van der Waals surface area contributed by atoms with Gasteiger partial charge in [-0.05, 0) is 42.2 Å². The van der Waals surface area contributed by atoms with Gasteiger partial charge in [-0.3, -0.25) is 9.59 Å². The fraction of sp³-hybridized carbons (Fsp3) is 0.233. The Balaban J connectivity index is 1.98. The number of benzene rings is 2. The van der Waals surface area contributed by atoms with Crippen LogP contribution in [0.5, 0.6) is 0 Å². The van der Waals surface area contributed by atoms with Crippen molar-refractivity contribution < 1.29 is 24.2 Å². The van der Waals surface area contributed by atoms with Crippen molar-refractivity contribution in [1.82, 2.24) is 9.61 Å². The molecule has 0 saturated heterocycles. The highest BCUT2D eigenvalue weighted by Gasteiger charge is 2.22. The second-order valence-corrected chi connectivity index (χ2v) is 9.40. The number of hydrogen-bond acceptors (Lipinski definition) is 4. The standard InChI is InChI=1S/C30H29FN2O4/c1-18(2)29-25(14-13-23(34)16-24(35)17-27(36)37)28(21-9-11-22(31)12-10-21)30-26(15-19(3)33(30)32-29)20-7-5-4-6-8-20/h4-15,18,23,34H,16-17H2,1-3H3,(H,36,37)/b14-13+. The Morgan fingerprint density at radius 1 is 1.05 bits per heavy atom. The van der Waals surface area contributed by atoms with Gasteiger partial charge in [0.15, 0.2) is 0 Å². The molecule has 2 N–H and O–H groups in total. The second kappa shape index (κ2) is 10.9. The van der Waals surface area contributed by atoms with Gasteiger partial charge in [-0.15, -0.1) is 0 Å². The number of aryl methyl sites for hydroxylation is 1. The van der Waals surface area contributed by atoms with Gasteiger partial charge < -0.3 is 10.2 Å². The van der Waals surface area contributed by atoms with Crippen LogP contribution in [0, 0.1) is 12.7 Å². The number of carbonyl (C=O) groups excluding carboxylic acids is 1. The molecule has 4 rings (SSSR count). The minimum absolute atomic E-state index is 0.0102. The molecule has 0 aliphatic rings. The summed E-state index contributed by atoms with van der Waals surface area (Å²) in [6.45, 7) is 6.02. The Morgan fingerprint density at radius 3 is 2.35 bits per heavy atom. The van der Waals surface area contributed by atoms with Gasteiger partial charge in [0.1, 0.15) is 18.0 Å². The summed E-state index contributed by atoms with van der Waals surface area (Å²) in [6.07, 6.45) is 1.12. The summed E-state index contributed by atoms with van der Waals surface area (Å²) in [7, 11) is 0. The Kier molecular flexibility index (Phi) is 7.64. The first-order chi connectivity index (χ1) is 17.7. The number of aromatic nitrogens is 2. The van der Waals surface area contributed by atoms with Gasteiger partial charge in [-0.1, -0.05) is 68.5 Å². The number of halogens is 1. The Hall–Kier alpha value is -4.10. The highest BCUT2D eigenvalue weighted by Crippen LogP contribution is 2.40. The van der Waals surface area contributed by atoms with Crippen LogP contribution in [0.25, 0.3) is 33.8 Å². The fourth-order valence-corrected chi connectivity index (χ4v) is 4.51. The summed E-state index contributed by atoms with van der Waals surface area (Å²) < 4.78 is 15.8. The third-order valence-electron chi connectivity index (χ3n) is 6.18. The van der Waals surface area contributed by atoms with E-state index in [1.807, 2.05) is 55.6 Å². The van der Waals surface area contributed by atoms with Crippen molar-refractivity contribution in [3.05, 3.63) is 89.5 Å². The number of aliphatic hydroxyl groups excluding tert-OH is 1. The molecule has 7 heteroatoms. The quantitative estimate of drug-likeness (QED) is 0.273. The summed E-state index contributed by atoms with van der Waals surface area (Å²) in [5.74, 6) is -2.13. The van der Waals surface area contributed by atoms with Crippen LogP contribution in [0.15, 0.2) is 66.7 Å². The lowest BCUT2D eigenvalue weighted by molar-refractivity contribution is -0.140. The molecule has 1 atom stereocenters. The van der Waals surface area contributed by atoms with E-state index in [-0.39, 0.29) is 18.2 Å². The minimum Gasteiger partial charge on any atom is -0.481 e. The number of Topliss-reactive ketones (excluding diaryl/α,β-unsaturated/α-hetero) is 1. The molecule has 0 aliphatic carbocycles. The molecule has 4 aromatic rings. The number of fused-ring (bicyclic) bond motifs is 1. The molecule has 0 radical (unpaired) electrons. The number of aliphatic carboxylic acids is 1. The van der Waals surface area contributed by atoms with E-state index in [9.17, 15) is 19.1 Å². The van der Waals surface area contributed by atoms with Crippen LogP contribution < -0.4 is 0 Å². The summed E-state index contributed by atoms with van der Waals surface area (Å²) in [4.78, 5) is 22.8. The number of rotatable bonds is 9. The zero-order valence-corrected chi connectivity index (χ0v) is 21.0. The first-order valence-corrected chi connectivity index (χ1v) is 12.1. The second-order valence-electron chi connectivity index (χ2n) is 9.40.